The number of nitrogen functional groups attached to an aromatic ring is 2. The van der Waals surface area contributed by atoms with E-state index in [4.69, 9.17) is 11.5 Å². The van der Waals surface area contributed by atoms with E-state index in [0.29, 0.717) is 16.8 Å². The maximum absolute atomic E-state index is 13.2. The number of thiophene rings is 1. The fraction of sp³-hybridized carbons (Fsp3) is 0. The van der Waals surface area contributed by atoms with E-state index in [1.54, 1.807) is 11.4 Å². The zero-order valence-electron chi connectivity index (χ0n) is 6.17. The Labute approximate surface area is 72.6 Å². The Balaban J connectivity index is 2.93. The van der Waals surface area contributed by atoms with Gasteiger partial charge in [0.1, 0.15) is 5.82 Å². The number of fused-ring (bicyclic) bond motifs is 1. The first-order valence-electron chi connectivity index (χ1n) is 3.40. The van der Waals surface area contributed by atoms with Crippen LogP contribution in [0.1, 0.15) is 0 Å². The van der Waals surface area contributed by atoms with Crippen LogP contribution in [-0.4, -0.2) is 0 Å². The molecule has 1 heterocycles. The van der Waals surface area contributed by atoms with Crippen molar-refractivity contribution in [3.63, 3.8) is 0 Å². The molecule has 1 aromatic heterocycles. The predicted molar refractivity (Wildman–Crippen MR) is 50.6 cm³/mol. The molecular weight excluding hydrogens is 175 g/mol. The lowest BCUT2D eigenvalue weighted by Crippen LogP contribution is -1.88. The van der Waals surface area contributed by atoms with Crippen molar-refractivity contribution >= 4 is 32.8 Å². The Morgan fingerprint density at radius 2 is 2.00 bits per heavy atom. The number of hydrogen-bond acceptors (Lipinski definition) is 3. The van der Waals surface area contributed by atoms with Gasteiger partial charge in [0.05, 0.1) is 11.1 Å². The van der Waals surface area contributed by atoms with Crippen LogP contribution >= 0.6 is 11.3 Å². The van der Waals surface area contributed by atoms with E-state index in [9.17, 15) is 4.39 Å². The molecular formula is C8H7FN2S. The minimum absolute atomic E-state index is 0.344. The molecule has 0 bridgehead atoms. The molecule has 0 spiro atoms. The third kappa shape index (κ3) is 0.921. The Morgan fingerprint density at radius 3 is 2.75 bits per heavy atom. The summed E-state index contributed by atoms with van der Waals surface area (Å²) in [7, 11) is 0. The zero-order chi connectivity index (χ0) is 8.72. The maximum atomic E-state index is 13.2. The van der Waals surface area contributed by atoms with Crippen molar-refractivity contribution in [2.75, 3.05) is 11.5 Å². The van der Waals surface area contributed by atoms with Gasteiger partial charge in [-0.25, -0.2) is 4.39 Å². The SMILES string of the molecule is Nc1cc(F)c2c(N)csc2c1. The summed E-state index contributed by atoms with van der Waals surface area (Å²) in [4.78, 5) is 0. The molecule has 12 heavy (non-hydrogen) atoms. The Morgan fingerprint density at radius 1 is 1.25 bits per heavy atom. The van der Waals surface area contributed by atoms with Crippen LogP contribution in [0.2, 0.25) is 0 Å². The first kappa shape index (κ1) is 7.36. The van der Waals surface area contributed by atoms with Crippen LogP contribution < -0.4 is 11.5 Å². The monoisotopic (exact) mass is 182 g/mol. The lowest BCUT2D eigenvalue weighted by Gasteiger charge is -1.96. The van der Waals surface area contributed by atoms with E-state index >= 15 is 0 Å². The van der Waals surface area contributed by atoms with Crippen LogP contribution in [0.3, 0.4) is 0 Å². The number of anilines is 2. The van der Waals surface area contributed by atoms with Crippen LogP contribution in [-0.2, 0) is 0 Å². The van der Waals surface area contributed by atoms with E-state index in [1.165, 1.54) is 17.4 Å². The molecule has 2 aromatic rings. The average molecular weight is 182 g/mol. The summed E-state index contributed by atoms with van der Waals surface area (Å²) in [6, 6.07) is 3.00. The summed E-state index contributed by atoms with van der Waals surface area (Å²) in [5.41, 5.74) is 11.9. The maximum Gasteiger partial charge on any atom is 0.136 e. The normalized spacial score (nSPS) is 10.8. The largest absolute Gasteiger partial charge is 0.399 e. The second kappa shape index (κ2) is 2.35. The van der Waals surface area contributed by atoms with Crippen LogP contribution in [0.25, 0.3) is 10.1 Å². The molecule has 62 valence electrons. The number of nitrogens with two attached hydrogens (primary N) is 2. The van der Waals surface area contributed by atoms with Gasteiger partial charge in [-0.3, -0.25) is 0 Å². The topological polar surface area (TPSA) is 52.0 Å². The van der Waals surface area contributed by atoms with E-state index < -0.39 is 0 Å². The van der Waals surface area contributed by atoms with Crippen molar-refractivity contribution < 1.29 is 4.39 Å². The standard InChI is InChI=1S/C8H7FN2S/c9-5-1-4(10)2-7-8(5)6(11)3-12-7/h1-3H,10-11H2. The molecule has 1 aromatic carbocycles. The highest BCUT2D eigenvalue weighted by atomic mass is 32.1. The van der Waals surface area contributed by atoms with Crippen molar-refractivity contribution in [1.29, 1.82) is 0 Å². The minimum Gasteiger partial charge on any atom is -0.399 e. The van der Waals surface area contributed by atoms with Crippen molar-refractivity contribution in [1.82, 2.24) is 0 Å². The lowest BCUT2D eigenvalue weighted by atomic mass is 10.2. The van der Waals surface area contributed by atoms with Gasteiger partial charge in [0.2, 0.25) is 0 Å². The van der Waals surface area contributed by atoms with E-state index in [2.05, 4.69) is 0 Å². The molecule has 2 rings (SSSR count). The first-order valence-corrected chi connectivity index (χ1v) is 4.28. The molecule has 0 saturated carbocycles. The van der Waals surface area contributed by atoms with E-state index in [0.717, 1.165) is 4.70 Å². The van der Waals surface area contributed by atoms with Gasteiger partial charge in [0.25, 0.3) is 0 Å². The van der Waals surface area contributed by atoms with Gasteiger partial charge in [-0.2, -0.15) is 0 Å². The van der Waals surface area contributed by atoms with Crippen molar-refractivity contribution in [2.45, 2.75) is 0 Å². The highest BCUT2D eigenvalue weighted by Gasteiger charge is 2.06. The molecule has 0 amide bonds. The van der Waals surface area contributed by atoms with Crippen LogP contribution in [0.4, 0.5) is 15.8 Å². The fourth-order valence-corrected chi connectivity index (χ4v) is 2.07. The summed E-state index contributed by atoms with van der Waals surface area (Å²) < 4.78 is 14.0. The third-order valence-corrected chi connectivity index (χ3v) is 2.63. The molecule has 0 saturated heterocycles. The second-order valence-corrected chi connectivity index (χ2v) is 3.48. The lowest BCUT2D eigenvalue weighted by molar-refractivity contribution is 0.641. The van der Waals surface area contributed by atoms with Crippen molar-refractivity contribution in [3.05, 3.63) is 23.3 Å². The summed E-state index contributed by atoms with van der Waals surface area (Å²) in [6.07, 6.45) is 0. The van der Waals surface area contributed by atoms with Gasteiger partial charge >= 0.3 is 0 Å². The minimum atomic E-state index is -0.344. The molecule has 4 heteroatoms. The summed E-state index contributed by atoms with van der Waals surface area (Å²) in [5, 5.41) is 2.20. The number of rotatable bonds is 0. The summed E-state index contributed by atoms with van der Waals surface area (Å²) >= 11 is 1.40. The Kier molecular flexibility index (Phi) is 1.44. The van der Waals surface area contributed by atoms with Crippen LogP contribution in [0.5, 0.6) is 0 Å². The molecule has 0 radical (unpaired) electrons. The highest BCUT2D eigenvalue weighted by molar-refractivity contribution is 7.17. The smallest absolute Gasteiger partial charge is 0.136 e. The van der Waals surface area contributed by atoms with E-state index in [1.807, 2.05) is 0 Å². The first-order chi connectivity index (χ1) is 5.68. The van der Waals surface area contributed by atoms with Gasteiger partial charge in [-0.05, 0) is 12.1 Å². The van der Waals surface area contributed by atoms with Gasteiger partial charge in [0.15, 0.2) is 0 Å². The molecule has 0 atom stereocenters. The van der Waals surface area contributed by atoms with Gasteiger partial charge in [0, 0.05) is 15.8 Å². The average Bonchev–Trinajstić information content (AvgIpc) is 2.31. The van der Waals surface area contributed by atoms with Gasteiger partial charge in [-0.1, -0.05) is 0 Å². The zero-order valence-corrected chi connectivity index (χ0v) is 6.99. The van der Waals surface area contributed by atoms with E-state index in [-0.39, 0.29) is 5.82 Å². The number of benzene rings is 1. The second-order valence-electron chi connectivity index (χ2n) is 2.57. The Bertz CT molecular complexity index is 436. The summed E-state index contributed by atoms with van der Waals surface area (Å²) in [6.45, 7) is 0. The quantitative estimate of drug-likeness (QED) is 0.614. The molecule has 0 fully saturated rings. The molecule has 4 N–H and O–H groups in total. The number of halogens is 1. The molecule has 2 nitrogen and oxygen atoms in total. The molecule has 0 aliphatic heterocycles. The van der Waals surface area contributed by atoms with Crippen molar-refractivity contribution in [2.24, 2.45) is 0 Å². The Hall–Kier alpha value is -1.29. The molecule has 0 unspecified atom stereocenters. The van der Waals surface area contributed by atoms with Gasteiger partial charge in [-0.15, -0.1) is 11.3 Å². The molecule has 0 aliphatic rings. The van der Waals surface area contributed by atoms with Crippen LogP contribution in [0, 0.1) is 5.82 Å². The number of hydrogen-bond donors (Lipinski definition) is 2. The highest BCUT2D eigenvalue weighted by Crippen LogP contribution is 2.31. The third-order valence-electron chi connectivity index (χ3n) is 1.68. The fourth-order valence-electron chi connectivity index (χ4n) is 1.16. The summed E-state index contributed by atoms with van der Waals surface area (Å²) in [5.74, 6) is -0.344. The van der Waals surface area contributed by atoms with Crippen LogP contribution in [0.15, 0.2) is 17.5 Å². The predicted octanol–water partition coefficient (Wildman–Crippen LogP) is 2.20. The van der Waals surface area contributed by atoms with Crippen molar-refractivity contribution in [3.8, 4) is 0 Å². The molecule has 0 aliphatic carbocycles. The van der Waals surface area contributed by atoms with Gasteiger partial charge < -0.3 is 11.5 Å².